The molecule has 3 heterocycles. The van der Waals surface area contributed by atoms with Gasteiger partial charge < -0.3 is 19.5 Å². The number of nitrogens with zero attached hydrogens (tertiary/aromatic N) is 5. The minimum atomic E-state index is -5.40. The highest BCUT2D eigenvalue weighted by molar-refractivity contribution is 5.98. The molecule has 0 bridgehead atoms. The molecule has 52 heavy (non-hydrogen) atoms. The van der Waals surface area contributed by atoms with Gasteiger partial charge in [-0.3, -0.25) is 14.2 Å². The molecule has 3 aromatic heterocycles. The number of benzene rings is 2. The fraction of sp³-hybridized carbons (Fsp3) is 0.306. The summed E-state index contributed by atoms with van der Waals surface area (Å²) in [5.41, 5.74) is -0.880. The second kappa shape index (κ2) is 15.7. The van der Waals surface area contributed by atoms with E-state index in [1.165, 1.54) is 36.4 Å². The van der Waals surface area contributed by atoms with Gasteiger partial charge in [-0.25, -0.2) is 18.6 Å². The van der Waals surface area contributed by atoms with Crippen molar-refractivity contribution in [2.75, 3.05) is 31.5 Å². The molecule has 0 atom stereocenters. The number of para-hydroxylation sites is 1. The molecule has 274 valence electrons. The first-order chi connectivity index (χ1) is 24.7. The Labute approximate surface area is 294 Å². The monoisotopic (exact) mass is 726 g/mol. The minimum Gasteiger partial charge on any atom is -0.464 e. The standard InChI is InChI=1S/C36H35F5N6O5/c1-5-45(6-2)18-8-17-42-35-43-30(25-15-16-29(48)47(32(25)44-35)31-27(37)9-7-10-28(31)38)26-19-23(13-11-21(26)3)33(49)46(52-34(50)36(39,40)41)20-24-14-12-22(4)51-24/h7,9-16,19H,5-6,8,17-18,20H2,1-4H3,(H,42,43,44). The number of alkyl halides is 3. The number of aryl methyl sites for hydroxylation is 2. The molecule has 0 spiro atoms. The van der Waals surface area contributed by atoms with Crippen molar-refractivity contribution in [1.29, 1.82) is 0 Å². The zero-order valence-electron chi connectivity index (χ0n) is 28.7. The molecule has 5 rings (SSSR count). The molecule has 0 radical (unpaired) electrons. The fourth-order valence-electron chi connectivity index (χ4n) is 5.52. The second-order valence-corrected chi connectivity index (χ2v) is 11.8. The predicted octanol–water partition coefficient (Wildman–Crippen LogP) is 6.74. The van der Waals surface area contributed by atoms with E-state index < -0.39 is 47.5 Å². The number of hydrogen-bond donors (Lipinski definition) is 1. The molecule has 1 amide bonds. The normalized spacial score (nSPS) is 11.7. The average molecular weight is 727 g/mol. The van der Waals surface area contributed by atoms with Crippen LogP contribution in [0.25, 0.3) is 28.0 Å². The van der Waals surface area contributed by atoms with Gasteiger partial charge in [0.2, 0.25) is 5.95 Å². The molecule has 16 heteroatoms. The molecule has 11 nitrogen and oxygen atoms in total. The number of hydrogen-bond acceptors (Lipinski definition) is 9. The lowest BCUT2D eigenvalue weighted by Crippen LogP contribution is -2.38. The summed E-state index contributed by atoms with van der Waals surface area (Å²) in [5, 5.41) is 3.52. The van der Waals surface area contributed by atoms with E-state index in [2.05, 4.69) is 25.0 Å². The lowest BCUT2D eigenvalue weighted by atomic mass is 9.99. The third-order valence-corrected chi connectivity index (χ3v) is 8.23. The number of fused-ring (bicyclic) bond motifs is 1. The first-order valence-electron chi connectivity index (χ1n) is 16.3. The molecule has 0 aliphatic heterocycles. The summed E-state index contributed by atoms with van der Waals surface area (Å²) in [6.07, 6.45) is -4.73. The Bertz CT molecular complexity index is 2140. The summed E-state index contributed by atoms with van der Waals surface area (Å²) < 4.78 is 76.2. The molecular formula is C36H35F5N6O5. The lowest BCUT2D eigenvalue weighted by Gasteiger charge is -2.21. The number of pyridine rings is 1. The fourth-order valence-corrected chi connectivity index (χ4v) is 5.52. The number of carbonyl (C=O) groups excluding carboxylic acids is 2. The van der Waals surface area contributed by atoms with Crippen molar-refractivity contribution in [3.8, 4) is 16.9 Å². The van der Waals surface area contributed by atoms with Gasteiger partial charge in [-0.2, -0.15) is 23.2 Å². The van der Waals surface area contributed by atoms with Gasteiger partial charge in [0.05, 0.1) is 5.69 Å². The van der Waals surface area contributed by atoms with Gasteiger partial charge in [0, 0.05) is 29.1 Å². The van der Waals surface area contributed by atoms with Crippen molar-refractivity contribution in [3.05, 3.63) is 105 Å². The van der Waals surface area contributed by atoms with E-state index >= 15 is 8.78 Å². The van der Waals surface area contributed by atoms with Crippen LogP contribution in [0, 0.1) is 25.5 Å². The molecule has 0 aliphatic carbocycles. The number of rotatable bonds is 12. The van der Waals surface area contributed by atoms with Gasteiger partial charge in [-0.1, -0.05) is 26.0 Å². The lowest BCUT2D eigenvalue weighted by molar-refractivity contribution is -0.230. The average Bonchev–Trinajstić information content (AvgIpc) is 3.52. The summed E-state index contributed by atoms with van der Waals surface area (Å²) in [6.45, 7) is 9.52. The largest absolute Gasteiger partial charge is 0.493 e. The highest BCUT2D eigenvalue weighted by atomic mass is 19.4. The van der Waals surface area contributed by atoms with Gasteiger partial charge in [0.1, 0.15) is 35.4 Å². The highest BCUT2D eigenvalue weighted by Gasteiger charge is 2.43. The SMILES string of the molecule is CCN(CC)CCCNc1nc(-c2cc(C(=O)N(Cc3ccc(C)o3)OC(=O)C(F)(F)F)ccc2C)c2ccc(=O)n(-c3c(F)cccc3F)c2n1. The smallest absolute Gasteiger partial charge is 0.464 e. The minimum absolute atomic E-state index is 0.00296. The molecular weight excluding hydrogens is 691 g/mol. The van der Waals surface area contributed by atoms with E-state index in [9.17, 15) is 27.6 Å². The molecule has 2 aromatic carbocycles. The van der Waals surface area contributed by atoms with Crippen LogP contribution in [0.3, 0.4) is 0 Å². The topological polar surface area (TPSA) is 123 Å². The first kappa shape index (κ1) is 37.6. The third kappa shape index (κ3) is 8.28. The summed E-state index contributed by atoms with van der Waals surface area (Å²) in [7, 11) is 0. The number of anilines is 1. The molecule has 0 unspecified atom stereocenters. The van der Waals surface area contributed by atoms with Gasteiger partial charge >= 0.3 is 12.1 Å². The number of amides is 1. The molecule has 0 fully saturated rings. The number of carbonyl (C=O) groups is 2. The molecule has 5 aromatic rings. The Morgan fingerprint density at radius 2 is 1.67 bits per heavy atom. The second-order valence-electron chi connectivity index (χ2n) is 11.8. The summed E-state index contributed by atoms with van der Waals surface area (Å²) in [4.78, 5) is 54.8. The Morgan fingerprint density at radius 3 is 2.31 bits per heavy atom. The van der Waals surface area contributed by atoms with Crippen molar-refractivity contribution < 1.29 is 40.8 Å². The summed E-state index contributed by atoms with van der Waals surface area (Å²) in [5.74, 6) is -5.32. The van der Waals surface area contributed by atoms with E-state index in [4.69, 9.17) is 4.42 Å². The number of hydroxylamine groups is 2. The maximum atomic E-state index is 15.1. The maximum Gasteiger partial charge on any atom is 0.493 e. The van der Waals surface area contributed by atoms with Crippen molar-refractivity contribution in [3.63, 3.8) is 0 Å². The van der Waals surface area contributed by atoms with E-state index in [0.717, 1.165) is 48.5 Å². The van der Waals surface area contributed by atoms with Crippen LogP contribution in [0.5, 0.6) is 0 Å². The first-order valence-corrected chi connectivity index (χ1v) is 16.3. The van der Waals surface area contributed by atoms with Crippen molar-refractivity contribution in [2.24, 2.45) is 0 Å². The number of furan rings is 1. The third-order valence-electron chi connectivity index (χ3n) is 8.23. The van der Waals surface area contributed by atoms with Gasteiger partial charge in [-0.05, 0) is 87.9 Å². The van der Waals surface area contributed by atoms with Crippen molar-refractivity contribution >= 4 is 28.9 Å². The number of aromatic nitrogens is 3. The highest BCUT2D eigenvalue weighted by Crippen LogP contribution is 2.32. The zero-order valence-corrected chi connectivity index (χ0v) is 28.7. The van der Waals surface area contributed by atoms with Gasteiger partial charge in [-0.15, -0.1) is 0 Å². The summed E-state index contributed by atoms with van der Waals surface area (Å²) >= 11 is 0. The van der Waals surface area contributed by atoms with Crippen LogP contribution in [0.4, 0.5) is 27.9 Å². The Balaban J connectivity index is 1.65. The van der Waals surface area contributed by atoms with Crippen LogP contribution in [-0.4, -0.2) is 68.7 Å². The number of halogens is 5. The van der Waals surface area contributed by atoms with Crippen molar-refractivity contribution in [2.45, 2.75) is 46.8 Å². The maximum absolute atomic E-state index is 15.1. The number of nitrogens with one attached hydrogen (secondary N) is 1. The molecule has 0 saturated heterocycles. The molecule has 1 N–H and O–H groups in total. The summed E-state index contributed by atoms with van der Waals surface area (Å²) in [6, 6.07) is 12.7. The van der Waals surface area contributed by atoms with Gasteiger partial charge in [0.25, 0.3) is 11.5 Å². The van der Waals surface area contributed by atoms with Crippen molar-refractivity contribution in [1.82, 2.24) is 24.5 Å². The Hall–Kier alpha value is -5.64. The van der Waals surface area contributed by atoms with Gasteiger partial charge in [0.15, 0.2) is 5.65 Å². The van der Waals surface area contributed by atoms with Crippen LogP contribution in [0.15, 0.2) is 69.9 Å². The van der Waals surface area contributed by atoms with Crippen LogP contribution in [-0.2, 0) is 16.2 Å². The zero-order chi connectivity index (χ0) is 37.7. The Morgan fingerprint density at radius 1 is 0.962 bits per heavy atom. The molecule has 0 saturated carbocycles. The van der Waals surface area contributed by atoms with E-state index in [-0.39, 0.29) is 44.6 Å². The van der Waals surface area contributed by atoms with Crippen LogP contribution in [0.2, 0.25) is 0 Å². The Kier molecular flexibility index (Phi) is 11.4. The van der Waals surface area contributed by atoms with Crippen LogP contribution in [0.1, 0.15) is 47.7 Å². The van der Waals surface area contributed by atoms with Crippen LogP contribution < -0.4 is 10.9 Å². The predicted molar refractivity (Wildman–Crippen MR) is 182 cm³/mol. The quantitative estimate of drug-likeness (QED) is 0.0846. The van der Waals surface area contributed by atoms with E-state index in [0.29, 0.717) is 24.3 Å². The molecule has 0 aliphatic rings. The van der Waals surface area contributed by atoms with E-state index in [1.807, 2.05) is 13.8 Å². The van der Waals surface area contributed by atoms with Crippen LogP contribution >= 0.6 is 0 Å². The van der Waals surface area contributed by atoms with E-state index in [1.54, 1.807) is 13.8 Å².